The highest BCUT2D eigenvalue weighted by Crippen LogP contribution is 2.48. The number of aliphatic imine (C=N–C) groups is 1. The van der Waals surface area contributed by atoms with Gasteiger partial charge in [0.05, 0.1) is 11.7 Å². The third kappa shape index (κ3) is 2.88. The van der Waals surface area contributed by atoms with E-state index in [1.54, 1.807) is 0 Å². The Morgan fingerprint density at radius 1 is 1.24 bits per heavy atom. The molecule has 2 aromatic heterocycles. The third-order valence-electron chi connectivity index (χ3n) is 5.16. The number of hydrogen-bond acceptors (Lipinski definition) is 4. The summed E-state index contributed by atoms with van der Waals surface area (Å²) in [5.41, 5.74) is 2.49. The van der Waals surface area contributed by atoms with Crippen molar-refractivity contribution >= 4 is 16.9 Å². The minimum absolute atomic E-state index is 0.0777. The van der Waals surface area contributed by atoms with Crippen LogP contribution in [0.2, 0.25) is 0 Å². The van der Waals surface area contributed by atoms with Crippen LogP contribution in [0.15, 0.2) is 47.8 Å². The molecule has 1 fully saturated rings. The van der Waals surface area contributed by atoms with Gasteiger partial charge in [0.1, 0.15) is 6.04 Å². The highest BCUT2D eigenvalue weighted by molar-refractivity contribution is 8.14. The summed E-state index contributed by atoms with van der Waals surface area (Å²) in [5.74, 6) is 1.14. The Morgan fingerprint density at radius 3 is 2.72 bits per heavy atom. The van der Waals surface area contributed by atoms with E-state index < -0.39 is 0 Å². The van der Waals surface area contributed by atoms with E-state index in [4.69, 9.17) is 4.99 Å². The average Bonchev–Trinajstić information content (AvgIpc) is 3.29. The van der Waals surface area contributed by atoms with Crippen LogP contribution in [0, 0.1) is 0 Å². The van der Waals surface area contributed by atoms with Crippen molar-refractivity contribution < 1.29 is 0 Å². The molecule has 0 spiro atoms. The highest BCUT2D eigenvalue weighted by atomic mass is 32.2. The fourth-order valence-electron chi connectivity index (χ4n) is 3.71. The molecule has 4 rings (SSSR count). The maximum atomic E-state index is 5.08. The van der Waals surface area contributed by atoms with Crippen LogP contribution in [-0.4, -0.2) is 31.4 Å². The fraction of sp³-hybridized carbons (Fsp3) is 0.500. The largest absolute Gasteiger partial charge is 0.349 e. The van der Waals surface area contributed by atoms with Gasteiger partial charge < -0.3 is 9.47 Å². The van der Waals surface area contributed by atoms with Crippen LogP contribution in [0.3, 0.4) is 0 Å². The Hall–Kier alpha value is -1.75. The average molecular weight is 355 g/mol. The normalized spacial score (nSPS) is 26.0. The summed E-state index contributed by atoms with van der Waals surface area (Å²) < 4.78 is 2.31. The molecule has 0 aliphatic carbocycles. The Bertz CT molecular complexity index is 774. The quantitative estimate of drug-likeness (QED) is 0.806. The number of nitrogens with zero attached hydrogens (tertiary/aromatic N) is 4. The van der Waals surface area contributed by atoms with E-state index >= 15 is 0 Å². The van der Waals surface area contributed by atoms with Crippen LogP contribution >= 0.6 is 11.8 Å². The van der Waals surface area contributed by atoms with E-state index in [-0.39, 0.29) is 17.6 Å². The van der Waals surface area contributed by atoms with Crippen LogP contribution in [0.1, 0.15) is 57.5 Å². The van der Waals surface area contributed by atoms with Crippen molar-refractivity contribution in [2.75, 3.05) is 5.75 Å². The minimum Gasteiger partial charge on any atom is -0.349 e. The van der Waals surface area contributed by atoms with Crippen LogP contribution < -0.4 is 0 Å². The van der Waals surface area contributed by atoms with Crippen LogP contribution in [0.4, 0.5) is 0 Å². The summed E-state index contributed by atoms with van der Waals surface area (Å²) in [4.78, 5) is 12.2. The Morgan fingerprint density at radius 2 is 2.08 bits per heavy atom. The van der Waals surface area contributed by atoms with Gasteiger partial charge in [-0.25, -0.2) is 0 Å². The van der Waals surface area contributed by atoms with Gasteiger partial charge in [-0.3, -0.25) is 9.98 Å². The zero-order valence-corrected chi connectivity index (χ0v) is 16.2. The number of fused-ring (bicyclic) bond motifs is 1. The van der Waals surface area contributed by atoms with E-state index in [0.29, 0.717) is 6.04 Å². The summed E-state index contributed by atoms with van der Waals surface area (Å²) in [6.07, 6.45) is 7.53. The SMILES string of the molecule is CCC1CSC2=NC(c3ccccn3)C(c3ccn(C(C)(C)C)c3)N21. The first-order valence-electron chi connectivity index (χ1n) is 9.07. The standard InChI is InChI=1S/C20H26N4S/c1-5-15-13-25-19-22-17(16-8-6-7-10-21-16)18(24(15)19)14-9-11-23(12-14)20(2,3)4/h6-12,15,17-18H,5,13H2,1-4H3. The number of aromatic nitrogens is 2. The van der Waals surface area contributed by atoms with E-state index in [0.717, 1.165) is 17.9 Å². The molecule has 2 aliphatic rings. The number of thioether (sulfide) groups is 1. The number of amidine groups is 1. The summed E-state index contributed by atoms with van der Waals surface area (Å²) in [6.45, 7) is 9.00. The van der Waals surface area contributed by atoms with Gasteiger partial charge in [0.25, 0.3) is 0 Å². The van der Waals surface area contributed by atoms with E-state index in [1.807, 2.05) is 24.0 Å². The second-order valence-electron chi connectivity index (χ2n) is 7.86. The predicted octanol–water partition coefficient (Wildman–Crippen LogP) is 4.62. The lowest BCUT2D eigenvalue weighted by molar-refractivity contribution is 0.254. The van der Waals surface area contributed by atoms with E-state index in [1.165, 1.54) is 10.7 Å². The third-order valence-corrected chi connectivity index (χ3v) is 6.29. The van der Waals surface area contributed by atoms with Gasteiger partial charge >= 0.3 is 0 Å². The predicted molar refractivity (Wildman–Crippen MR) is 105 cm³/mol. The van der Waals surface area contributed by atoms with Crippen LogP contribution in [0.5, 0.6) is 0 Å². The molecule has 3 unspecified atom stereocenters. The zero-order valence-electron chi connectivity index (χ0n) is 15.4. The smallest absolute Gasteiger partial charge is 0.160 e. The van der Waals surface area contributed by atoms with Crippen molar-refractivity contribution in [2.45, 2.75) is 57.8 Å². The molecule has 0 saturated carbocycles. The van der Waals surface area contributed by atoms with Crippen molar-refractivity contribution in [3.8, 4) is 0 Å². The number of rotatable bonds is 3. The molecule has 0 amide bonds. The van der Waals surface area contributed by atoms with Crippen molar-refractivity contribution in [3.63, 3.8) is 0 Å². The topological polar surface area (TPSA) is 33.4 Å². The van der Waals surface area contributed by atoms with Crippen molar-refractivity contribution in [2.24, 2.45) is 4.99 Å². The molecule has 5 heteroatoms. The number of hydrogen-bond donors (Lipinski definition) is 0. The van der Waals surface area contributed by atoms with Gasteiger partial charge in [0.2, 0.25) is 0 Å². The minimum atomic E-state index is 0.0777. The Balaban J connectivity index is 1.76. The van der Waals surface area contributed by atoms with Crippen LogP contribution in [-0.2, 0) is 5.54 Å². The molecule has 2 aromatic rings. The van der Waals surface area contributed by atoms with E-state index in [2.05, 4.69) is 72.7 Å². The molecule has 0 bridgehead atoms. The number of pyridine rings is 1. The summed E-state index contributed by atoms with van der Waals surface area (Å²) in [5, 5.41) is 1.19. The molecule has 0 aromatic carbocycles. The lowest BCUT2D eigenvalue weighted by atomic mass is 9.97. The first kappa shape index (κ1) is 16.7. The lowest BCUT2D eigenvalue weighted by Gasteiger charge is -2.31. The van der Waals surface area contributed by atoms with Crippen molar-refractivity contribution in [1.82, 2.24) is 14.5 Å². The van der Waals surface area contributed by atoms with Gasteiger partial charge in [-0.1, -0.05) is 24.8 Å². The van der Waals surface area contributed by atoms with Gasteiger partial charge in [-0.2, -0.15) is 0 Å². The molecule has 2 aliphatic heterocycles. The second-order valence-corrected chi connectivity index (χ2v) is 8.85. The monoisotopic (exact) mass is 354 g/mol. The molecule has 0 N–H and O–H groups in total. The zero-order chi connectivity index (χ0) is 17.6. The van der Waals surface area contributed by atoms with Gasteiger partial charge in [-0.15, -0.1) is 0 Å². The Labute approximate surface area is 154 Å². The van der Waals surface area contributed by atoms with Gasteiger partial charge in [0, 0.05) is 35.9 Å². The molecule has 132 valence electrons. The first-order chi connectivity index (χ1) is 12.0. The van der Waals surface area contributed by atoms with Gasteiger partial charge in [0.15, 0.2) is 5.17 Å². The summed E-state index contributed by atoms with van der Waals surface area (Å²) in [7, 11) is 0. The van der Waals surface area contributed by atoms with Crippen molar-refractivity contribution in [3.05, 3.63) is 54.1 Å². The fourth-order valence-corrected chi connectivity index (χ4v) is 5.05. The van der Waals surface area contributed by atoms with E-state index in [9.17, 15) is 0 Å². The first-order valence-corrected chi connectivity index (χ1v) is 10.1. The summed E-state index contributed by atoms with van der Waals surface area (Å²) in [6, 6.07) is 9.29. The van der Waals surface area contributed by atoms with Gasteiger partial charge in [-0.05, 0) is 51.0 Å². The molecule has 3 atom stereocenters. The molecule has 0 radical (unpaired) electrons. The summed E-state index contributed by atoms with van der Waals surface area (Å²) >= 11 is 1.90. The van der Waals surface area contributed by atoms with Crippen LogP contribution in [0.25, 0.3) is 0 Å². The molecule has 25 heavy (non-hydrogen) atoms. The molecule has 4 heterocycles. The second kappa shape index (κ2) is 6.20. The maximum Gasteiger partial charge on any atom is 0.160 e. The van der Waals surface area contributed by atoms with Crippen molar-refractivity contribution in [1.29, 1.82) is 0 Å². The lowest BCUT2D eigenvalue weighted by Crippen LogP contribution is -2.35. The highest BCUT2D eigenvalue weighted by Gasteiger charge is 2.45. The molecular weight excluding hydrogens is 328 g/mol. The Kier molecular flexibility index (Phi) is 4.14. The molecular formula is C20H26N4S. The maximum absolute atomic E-state index is 5.08. The molecule has 4 nitrogen and oxygen atoms in total. The molecule has 1 saturated heterocycles.